The lowest BCUT2D eigenvalue weighted by atomic mass is 10.2. The molecular weight excluding hydrogens is 304 g/mol. The third kappa shape index (κ3) is 3.73. The molecule has 0 spiro atoms. The molecule has 0 aliphatic heterocycles. The lowest BCUT2D eigenvalue weighted by Gasteiger charge is -2.12. The molecule has 0 N–H and O–H groups in total. The smallest absolute Gasteiger partial charge is 0.209 e. The third-order valence-electron chi connectivity index (χ3n) is 3.07. The van der Waals surface area contributed by atoms with Crippen molar-refractivity contribution >= 4 is 22.9 Å². The zero-order valence-electron chi connectivity index (χ0n) is 11.6. The summed E-state index contributed by atoms with van der Waals surface area (Å²) in [6.07, 6.45) is 1.78. The van der Waals surface area contributed by atoms with Crippen LogP contribution in [0.1, 0.15) is 10.8 Å². The molecule has 0 bridgehead atoms. The maximum atomic E-state index is 5.94. The quantitative estimate of drug-likeness (QED) is 0.683. The van der Waals surface area contributed by atoms with Crippen LogP contribution >= 0.6 is 22.9 Å². The first kappa shape index (κ1) is 14.3. The summed E-state index contributed by atoms with van der Waals surface area (Å²) < 4.78 is 6.63. The van der Waals surface area contributed by atoms with Crippen LogP contribution in [0.15, 0.2) is 53.1 Å². The van der Waals surface area contributed by atoms with E-state index in [2.05, 4.69) is 16.0 Å². The van der Waals surface area contributed by atoms with Crippen molar-refractivity contribution in [2.45, 2.75) is 13.1 Å². The Morgan fingerprint density at radius 2 is 1.95 bits per heavy atom. The van der Waals surface area contributed by atoms with Gasteiger partial charge in [0.15, 0.2) is 5.76 Å². The van der Waals surface area contributed by atoms with Crippen LogP contribution in [-0.2, 0) is 13.1 Å². The minimum Gasteiger partial charge on any atom is -0.439 e. The van der Waals surface area contributed by atoms with Gasteiger partial charge in [-0.25, -0.2) is 4.98 Å². The molecule has 21 heavy (non-hydrogen) atoms. The monoisotopic (exact) mass is 318 g/mol. The fourth-order valence-electron chi connectivity index (χ4n) is 2.11. The van der Waals surface area contributed by atoms with Gasteiger partial charge in [0.1, 0.15) is 0 Å². The number of halogens is 1. The highest BCUT2D eigenvalue weighted by molar-refractivity contribution is 7.16. The molecule has 0 amide bonds. The number of benzene rings is 1. The average Bonchev–Trinajstić information content (AvgIpc) is 3.09. The molecule has 3 aromatic rings. The van der Waals surface area contributed by atoms with Crippen LogP contribution in [0, 0.1) is 0 Å². The van der Waals surface area contributed by atoms with Crippen LogP contribution in [0.3, 0.4) is 0 Å². The molecule has 3 rings (SSSR count). The molecule has 3 nitrogen and oxygen atoms in total. The lowest BCUT2D eigenvalue weighted by molar-refractivity contribution is 0.285. The Kier molecular flexibility index (Phi) is 4.39. The lowest BCUT2D eigenvalue weighted by Crippen LogP contribution is -2.16. The van der Waals surface area contributed by atoms with Gasteiger partial charge in [-0.15, -0.1) is 11.3 Å². The van der Waals surface area contributed by atoms with Crippen molar-refractivity contribution in [3.63, 3.8) is 0 Å². The van der Waals surface area contributed by atoms with Crippen LogP contribution in [0.2, 0.25) is 4.34 Å². The summed E-state index contributed by atoms with van der Waals surface area (Å²) in [7, 11) is 2.04. The Labute approximate surface area is 132 Å². The second kappa shape index (κ2) is 6.43. The van der Waals surface area contributed by atoms with Gasteiger partial charge in [-0.2, -0.15) is 0 Å². The second-order valence-electron chi connectivity index (χ2n) is 4.86. The molecule has 0 unspecified atom stereocenters. The highest BCUT2D eigenvalue weighted by Crippen LogP contribution is 2.24. The number of thiophene rings is 1. The molecule has 5 heteroatoms. The maximum absolute atomic E-state index is 5.94. The van der Waals surface area contributed by atoms with Gasteiger partial charge in [-0.05, 0) is 19.2 Å². The molecule has 1 aromatic carbocycles. The Hall–Kier alpha value is -1.62. The van der Waals surface area contributed by atoms with Crippen molar-refractivity contribution in [3.05, 3.63) is 63.8 Å². The number of rotatable bonds is 5. The third-order valence-corrected chi connectivity index (χ3v) is 4.29. The molecule has 0 atom stereocenters. The second-order valence-corrected chi connectivity index (χ2v) is 6.66. The summed E-state index contributed by atoms with van der Waals surface area (Å²) in [6.45, 7) is 1.50. The molecule has 108 valence electrons. The van der Waals surface area contributed by atoms with Gasteiger partial charge in [-0.1, -0.05) is 41.9 Å². The summed E-state index contributed by atoms with van der Waals surface area (Å²) in [4.78, 5) is 7.74. The van der Waals surface area contributed by atoms with E-state index in [-0.39, 0.29) is 0 Å². The summed E-state index contributed by atoms with van der Waals surface area (Å²) >= 11 is 7.55. The van der Waals surface area contributed by atoms with Crippen LogP contribution < -0.4 is 0 Å². The molecule has 0 fully saturated rings. The van der Waals surface area contributed by atoms with Crippen molar-refractivity contribution in [1.82, 2.24) is 9.88 Å². The minimum absolute atomic E-state index is 0.669. The van der Waals surface area contributed by atoms with Gasteiger partial charge >= 0.3 is 0 Å². The first-order valence-electron chi connectivity index (χ1n) is 6.63. The summed E-state index contributed by atoms with van der Waals surface area (Å²) in [5.74, 6) is 1.53. The fourth-order valence-corrected chi connectivity index (χ4v) is 3.28. The van der Waals surface area contributed by atoms with Crippen molar-refractivity contribution in [1.29, 1.82) is 0 Å². The maximum Gasteiger partial charge on any atom is 0.209 e. The Morgan fingerprint density at radius 3 is 2.67 bits per heavy atom. The molecular formula is C16H15ClN2OS. The van der Waals surface area contributed by atoms with E-state index >= 15 is 0 Å². The number of hydrogen-bond donors (Lipinski definition) is 0. The van der Waals surface area contributed by atoms with Crippen molar-refractivity contribution in [2.75, 3.05) is 7.05 Å². The molecule has 0 saturated carbocycles. The topological polar surface area (TPSA) is 29.3 Å². The normalized spacial score (nSPS) is 11.2. The molecule has 0 aliphatic rings. The predicted octanol–water partition coefficient (Wildman–Crippen LogP) is 4.69. The van der Waals surface area contributed by atoms with E-state index in [0.29, 0.717) is 6.54 Å². The van der Waals surface area contributed by atoms with Crippen molar-refractivity contribution in [2.24, 2.45) is 0 Å². The highest BCUT2D eigenvalue weighted by atomic mass is 35.5. The van der Waals surface area contributed by atoms with Crippen LogP contribution in [0.4, 0.5) is 0 Å². The van der Waals surface area contributed by atoms with E-state index in [0.717, 1.165) is 28.1 Å². The zero-order valence-corrected chi connectivity index (χ0v) is 13.2. The van der Waals surface area contributed by atoms with E-state index < -0.39 is 0 Å². The fraction of sp³-hybridized carbons (Fsp3) is 0.188. The highest BCUT2D eigenvalue weighted by Gasteiger charge is 2.10. The van der Waals surface area contributed by atoms with E-state index in [1.807, 2.05) is 43.4 Å². The largest absolute Gasteiger partial charge is 0.439 e. The first-order chi connectivity index (χ1) is 10.2. The van der Waals surface area contributed by atoms with Gasteiger partial charge in [0, 0.05) is 17.0 Å². The predicted molar refractivity (Wildman–Crippen MR) is 86.4 cm³/mol. The van der Waals surface area contributed by atoms with Crippen LogP contribution in [0.25, 0.3) is 11.3 Å². The van der Waals surface area contributed by atoms with Gasteiger partial charge in [0.25, 0.3) is 0 Å². The summed E-state index contributed by atoms with van der Waals surface area (Å²) in [5.41, 5.74) is 1.05. The van der Waals surface area contributed by atoms with Gasteiger partial charge in [-0.3, -0.25) is 4.90 Å². The van der Waals surface area contributed by atoms with Gasteiger partial charge in [0.2, 0.25) is 5.89 Å². The average molecular weight is 319 g/mol. The Balaban J connectivity index is 1.64. The van der Waals surface area contributed by atoms with E-state index in [1.54, 1.807) is 17.5 Å². The number of oxazole rings is 1. The van der Waals surface area contributed by atoms with E-state index in [1.165, 1.54) is 4.88 Å². The minimum atomic E-state index is 0.669. The van der Waals surface area contributed by atoms with Crippen LogP contribution in [-0.4, -0.2) is 16.9 Å². The molecule has 2 heterocycles. The number of nitrogens with zero attached hydrogens (tertiary/aromatic N) is 2. The Bertz CT molecular complexity index is 708. The molecule has 2 aromatic heterocycles. The van der Waals surface area contributed by atoms with E-state index in [4.69, 9.17) is 16.0 Å². The van der Waals surface area contributed by atoms with Crippen LogP contribution in [0.5, 0.6) is 0 Å². The first-order valence-corrected chi connectivity index (χ1v) is 7.83. The number of hydrogen-bond acceptors (Lipinski definition) is 4. The summed E-state index contributed by atoms with van der Waals surface area (Å²) in [6, 6.07) is 14.0. The zero-order chi connectivity index (χ0) is 14.7. The van der Waals surface area contributed by atoms with Crippen molar-refractivity contribution in [3.8, 4) is 11.3 Å². The van der Waals surface area contributed by atoms with Gasteiger partial charge < -0.3 is 4.42 Å². The number of aromatic nitrogens is 1. The molecule has 0 radical (unpaired) electrons. The van der Waals surface area contributed by atoms with E-state index in [9.17, 15) is 0 Å². The Morgan fingerprint density at radius 1 is 1.14 bits per heavy atom. The van der Waals surface area contributed by atoms with Gasteiger partial charge in [0.05, 0.1) is 17.1 Å². The van der Waals surface area contributed by atoms with Crippen molar-refractivity contribution < 1.29 is 4.42 Å². The SMILES string of the molecule is CN(Cc1ncc(-c2ccccc2)o1)Cc1ccc(Cl)s1. The summed E-state index contributed by atoms with van der Waals surface area (Å²) in [5, 5.41) is 0. The molecule has 0 saturated heterocycles. The molecule has 0 aliphatic carbocycles. The standard InChI is InChI=1S/C16H15ClN2OS/c1-19(10-13-7-8-15(17)21-13)11-16-18-9-14(20-16)12-5-3-2-4-6-12/h2-9H,10-11H2,1H3.